The van der Waals surface area contributed by atoms with E-state index in [9.17, 15) is 22.8 Å². The summed E-state index contributed by atoms with van der Waals surface area (Å²) in [6.07, 6.45) is -4.02. The Balaban J connectivity index is 3.23. The maximum atomic E-state index is 12.8. The number of carbonyl (C=O) groups excluding carboxylic acids is 2. The summed E-state index contributed by atoms with van der Waals surface area (Å²) in [5.41, 5.74) is -2.27. The molecule has 19 heavy (non-hydrogen) atoms. The van der Waals surface area contributed by atoms with Crippen LogP contribution >= 0.6 is 0 Å². The molecule has 0 aliphatic heterocycles. The van der Waals surface area contributed by atoms with Crippen LogP contribution in [0.5, 0.6) is 0 Å². The van der Waals surface area contributed by atoms with Gasteiger partial charge in [-0.2, -0.15) is 13.2 Å². The highest BCUT2D eigenvalue weighted by atomic mass is 19.4. The van der Waals surface area contributed by atoms with Crippen molar-refractivity contribution in [2.45, 2.75) is 38.3 Å². The van der Waals surface area contributed by atoms with Crippen LogP contribution in [0.25, 0.3) is 0 Å². The second-order valence-corrected chi connectivity index (χ2v) is 4.73. The lowest BCUT2D eigenvalue weighted by Gasteiger charge is -2.34. The Bertz CT molecular complexity index is 329. The molecule has 0 radical (unpaired) electrons. The van der Waals surface area contributed by atoms with E-state index in [1.165, 1.54) is 0 Å². The van der Waals surface area contributed by atoms with Crippen LogP contribution in [-0.2, 0) is 19.1 Å². The summed E-state index contributed by atoms with van der Waals surface area (Å²) in [5.74, 6) is -3.01. The van der Waals surface area contributed by atoms with Crippen LogP contribution in [0, 0.1) is 11.3 Å². The van der Waals surface area contributed by atoms with Gasteiger partial charge in [0.2, 0.25) is 0 Å². The normalized spacial score (nSPS) is 17.3. The van der Waals surface area contributed by atoms with Gasteiger partial charge in [0.05, 0.1) is 20.6 Å². The van der Waals surface area contributed by atoms with E-state index in [0.29, 0.717) is 25.7 Å². The lowest BCUT2D eigenvalue weighted by molar-refractivity contribution is -0.200. The van der Waals surface area contributed by atoms with Crippen molar-refractivity contribution in [3.8, 4) is 0 Å². The van der Waals surface area contributed by atoms with Crippen molar-refractivity contribution < 1.29 is 32.2 Å². The van der Waals surface area contributed by atoms with Crippen molar-refractivity contribution in [3.05, 3.63) is 0 Å². The van der Waals surface area contributed by atoms with E-state index in [2.05, 4.69) is 9.47 Å². The van der Waals surface area contributed by atoms with Crippen LogP contribution in [0.3, 0.4) is 0 Å². The van der Waals surface area contributed by atoms with E-state index < -0.39 is 35.9 Å². The monoisotopic (exact) mass is 282 g/mol. The highest BCUT2D eigenvalue weighted by molar-refractivity contribution is 6.00. The standard InChI is InChI=1S/C12H17F3O4/c1-18-9(16)11(10(17)19-2,7-12(13,14)15)8-5-3-4-6-8/h8H,3-7H2,1-2H3. The molecular weight excluding hydrogens is 265 g/mol. The van der Waals surface area contributed by atoms with Crippen molar-refractivity contribution in [1.82, 2.24) is 0 Å². The smallest absolute Gasteiger partial charge is 0.390 e. The van der Waals surface area contributed by atoms with Crippen LogP contribution in [0.15, 0.2) is 0 Å². The molecule has 0 aromatic rings. The molecule has 0 heterocycles. The molecule has 4 nitrogen and oxygen atoms in total. The van der Waals surface area contributed by atoms with Gasteiger partial charge in [-0.1, -0.05) is 12.8 Å². The number of hydrogen-bond acceptors (Lipinski definition) is 4. The summed E-state index contributed by atoms with van der Waals surface area (Å²) in [6.45, 7) is 0. The van der Waals surface area contributed by atoms with Gasteiger partial charge in [0.1, 0.15) is 0 Å². The van der Waals surface area contributed by atoms with Gasteiger partial charge >= 0.3 is 18.1 Å². The third kappa shape index (κ3) is 3.19. The minimum Gasteiger partial charge on any atom is -0.468 e. The van der Waals surface area contributed by atoms with Crippen molar-refractivity contribution in [3.63, 3.8) is 0 Å². The first-order chi connectivity index (χ1) is 8.78. The Morgan fingerprint density at radius 2 is 1.47 bits per heavy atom. The molecule has 0 saturated heterocycles. The molecule has 1 fully saturated rings. The molecule has 0 atom stereocenters. The number of alkyl halides is 3. The van der Waals surface area contributed by atoms with Gasteiger partial charge in [-0.3, -0.25) is 9.59 Å². The predicted octanol–water partition coefficient (Wildman–Crippen LogP) is 2.46. The minimum absolute atomic E-state index is 0.389. The van der Waals surface area contributed by atoms with Crippen molar-refractivity contribution in [1.29, 1.82) is 0 Å². The molecule has 1 rings (SSSR count). The number of methoxy groups -OCH3 is 2. The molecule has 0 unspecified atom stereocenters. The summed E-state index contributed by atoms with van der Waals surface area (Å²) in [7, 11) is 1.96. The number of hydrogen-bond donors (Lipinski definition) is 0. The van der Waals surface area contributed by atoms with Gasteiger partial charge in [0.25, 0.3) is 0 Å². The fourth-order valence-corrected chi connectivity index (χ4v) is 2.80. The molecular formula is C12H17F3O4. The lowest BCUT2D eigenvalue weighted by atomic mass is 9.71. The summed E-state index contributed by atoms with van der Waals surface area (Å²) >= 11 is 0. The van der Waals surface area contributed by atoms with E-state index in [4.69, 9.17) is 0 Å². The van der Waals surface area contributed by atoms with Crippen molar-refractivity contribution >= 4 is 11.9 Å². The maximum absolute atomic E-state index is 12.8. The highest BCUT2D eigenvalue weighted by Gasteiger charge is 2.60. The molecule has 0 bridgehead atoms. The first kappa shape index (κ1) is 15.8. The second kappa shape index (κ2) is 5.79. The van der Waals surface area contributed by atoms with Crippen LogP contribution < -0.4 is 0 Å². The average Bonchev–Trinajstić information content (AvgIpc) is 2.86. The van der Waals surface area contributed by atoms with Gasteiger partial charge < -0.3 is 9.47 Å². The third-order valence-electron chi connectivity index (χ3n) is 3.63. The number of rotatable bonds is 4. The summed E-state index contributed by atoms with van der Waals surface area (Å²) in [6, 6.07) is 0. The van der Waals surface area contributed by atoms with Crippen molar-refractivity contribution in [2.24, 2.45) is 11.3 Å². The largest absolute Gasteiger partial charge is 0.468 e. The van der Waals surface area contributed by atoms with Gasteiger partial charge in [0.15, 0.2) is 5.41 Å². The summed E-state index contributed by atoms with van der Waals surface area (Å²) < 4.78 is 47.3. The Hall–Kier alpha value is -1.27. The lowest BCUT2D eigenvalue weighted by Crippen LogP contribution is -2.49. The number of carbonyl (C=O) groups is 2. The zero-order valence-corrected chi connectivity index (χ0v) is 10.9. The second-order valence-electron chi connectivity index (χ2n) is 4.73. The number of halogens is 3. The first-order valence-electron chi connectivity index (χ1n) is 6.01. The number of ether oxygens (including phenoxy) is 2. The zero-order valence-electron chi connectivity index (χ0n) is 10.9. The third-order valence-corrected chi connectivity index (χ3v) is 3.63. The zero-order chi connectivity index (χ0) is 14.7. The molecule has 0 aromatic heterocycles. The van der Waals surface area contributed by atoms with Crippen molar-refractivity contribution in [2.75, 3.05) is 14.2 Å². The summed E-state index contributed by atoms with van der Waals surface area (Å²) in [4.78, 5) is 23.8. The van der Waals surface area contributed by atoms with E-state index in [0.717, 1.165) is 14.2 Å². The van der Waals surface area contributed by atoms with Gasteiger partial charge in [-0.15, -0.1) is 0 Å². The summed E-state index contributed by atoms with van der Waals surface area (Å²) in [5, 5.41) is 0. The van der Waals surface area contributed by atoms with E-state index >= 15 is 0 Å². The van der Waals surface area contributed by atoms with Crippen LogP contribution in [0.2, 0.25) is 0 Å². The average molecular weight is 282 g/mol. The van der Waals surface area contributed by atoms with E-state index in [-0.39, 0.29) is 0 Å². The Labute approximate surface area is 109 Å². The molecule has 0 aromatic carbocycles. The predicted molar refractivity (Wildman–Crippen MR) is 59.1 cm³/mol. The van der Waals surface area contributed by atoms with Crippen LogP contribution in [-0.4, -0.2) is 32.3 Å². The molecule has 1 aliphatic rings. The maximum Gasteiger partial charge on any atom is 0.390 e. The highest BCUT2D eigenvalue weighted by Crippen LogP contribution is 2.48. The minimum atomic E-state index is -4.65. The first-order valence-corrected chi connectivity index (χ1v) is 6.01. The van der Waals surface area contributed by atoms with Gasteiger partial charge in [-0.05, 0) is 18.8 Å². The SMILES string of the molecule is COC(=O)C(CC(F)(F)F)(C(=O)OC)C1CCCC1. The Morgan fingerprint density at radius 3 is 1.79 bits per heavy atom. The molecule has 1 aliphatic carbocycles. The topological polar surface area (TPSA) is 52.6 Å². The molecule has 0 amide bonds. The fourth-order valence-electron chi connectivity index (χ4n) is 2.80. The quantitative estimate of drug-likeness (QED) is 0.587. The molecule has 1 saturated carbocycles. The molecule has 0 N–H and O–H groups in total. The Kier molecular flexibility index (Phi) is 4.81. The van der Waals surface area contributed by atoms with Gasteiger partial charge in [0, 0.05) is 0 Å². The molecule has 110 valence electrons. The van der Waals surface area contributed by atoms with E-state index in [1.54, 1.807) is 0 Å². The Morgan fingerprint density at radius 1 is 1.05 bits per heavy atom. The van der Waals surface area contributed by atoms with Gasteiger partial charge in [-0.25, -0.2) is 0 Å². The fraction of sp³-hybridized carbons (Fsp3) is 0.833. The van der Waals surface area contributed by atoms with Crippen LogP contribution in [0.4, 0.5) is 13.2 Å². The molecule has 0 spiro atoms. The number of esters is 2. The van der Waals surface area contributed by atoms with E-state index in [1.807, 2.05) is 0 Å². The van der Waals surface area contributed by atoms with Crippen LogP contribution in [0.1, 0.15) is 32.1 Å². The molecule has 7 heteroatoms.